The Morgan fingerprint density at radius 2 is 2.06 bits per heavy atom. The third kappa shape index (κ3) is 2.39. The summed E-state index contributed by atoms with van der Waals surface area (Å²) in [5.74, 6) is 0. The van der Waals surface area contributed by atoms with E-state index in [4.69, 9.17) is 0 Å². The van der Waals surface area contributed by atoms with Crippen molar-refractivity contribution in [3.05, 3.63) is 39.6 Å². The summed E-state index contributed by atoms with van der Waals surface area (Å²) < 4.78 is 0. The third-order valence-electron chi connectivity index (χ3n) is 2.45. The number of nitrogens with one attached hydrogen (secondary N) is 1. The molecule has 0 aromatic carbocycles. The fraction of sp³-hybridized carbons (Fsp3) is 0.333. The molecule has 2 heterocycles. The van der Waals surface area contributed by atoms with Crippen molar-refractivity contribution < 1.29 is 0 Å². The van der Waals surface area contributed by atoms with Gasteiger partial charge in [-0.3, -0.25) is 4.98 Å². The Balaban J connectivity index is 2.08. The molecule has 2 aromatic heterocycles. The minimum atomic E-state index is 0.823. The van der Waals surface area contributed by atoms with Crippen LogP contribution in [0.4, 0.5) is 5.69 Å². The SMILES string of the molecule is Cc1nc(C)c(CNc2cccnc2C)s1. The van der Waals surface area contributed by atoms with Crippen molar-refractivity contribution in [1.29, 1.82) is 0 Å². The lowest BCUT2D eigenvalue weighted by Gasteiger charge is -2.07. The van der Waals surface area contributed by atoms with Crippen LogP contribution in [0.2, 0.25) is 0 Å². The molecule has 0 fully saturated rings. The topological polar surface area (TPSA) is 37.8 Å². The largest absolute Gasteiger partial charge is 0.379 e. The van der Waals surface area contributed by atoms with Gasteiger partial charge in [0.05, 0.1) is 28.6 Å². The molecule has 2 aromatic rings. The van der Waals surface area contributed by atoms with Crippen LogP contribution in [0.3, 0.4) is 0 Å². The van der Waals surface area contributed by atoms with Crippen molar-refractivity contribution in [2.24, 2.45) is 0 Å². The summed E-state index contributed by atoms with van der Waals surface area (Å²) >= 11 is 1.75. The fourth-order valence-corrected chi connectivity index (χ4v) is 2.46. The zero-order chi connectivity index (χ0) is 11.5. The summed E-state index contributed by atoms with van der Waals surface area (Å²) in [6, 6.07) is 3.99. The zero-order valence-electron chi connectivity index (χ0n) is 9.74. The summed E-state index contributed by atoms with van der Waals surface area (Å²) in [6.45, 7) is 6.92. The Morgan fingerprint density at radius 3 is 2.69 bits per heavy atom. The van der Waals surface area contributed by atoms with Crippen LogP contribution in [0.5, 0.6) is 0 Å². The van der Waals surface area contributed by atoms with Gasteiger partial charge in [0.25, 0.3) is 0 Å². The first-order chi connectivity index (χ1) is 7.66. The summed E-state index contributed by atoms with van der Waals surface area (Å²) in [5.41, 5.74) is 3.24. The number of thiazole rings is 1. The number of pyridine rings is 1. The van der Waals surface area contributed by atoms with Gasteiger partial charge in [-0.15, -0.1) is 11.3 Å². The first-order valence-corrected chi connectivity index (χ1v) is 6.07. The average Bonchev–Trinajstić information content (AvgIpc) is 2.56. The van der Waals surface area contributed by atoms with Crippen LogP contribution in [0.1, 0.15) is 21.3 Å². The van der Waals surface area contributed by atoms with E-state index in [1.165, 1.54) is 4.88 Å². The van der Waals surface area contributed by atoms with Crippen LogP contribution >= 0.6 is 11.3 Å². The monoisotopic (exact) mass is 233 g/mol. The van der Waals surface area contributed by atoms with Gasteiger partial charge < -0.3 is 5.32 Å². The Hall–Kier alpha value is -1.42. The molecule has 0 aliphatic rings. The zero-order valence-corrected chi connectivity index (χ0v) is 10.6. The van der Waals surface area contributed by atoms with Gasteiger partial charge in [0.1, 0.15) is 0 Å². The normalized spacial score (nSPS) is 10.4. The summed E-state index contributed by atoms with van der Waals surface area (Å²) in [5, 5.41) is 4.51. The van der Waals surface area contributed by atoms with E-state index in [2.05, 4.69) is 22.2 Å². The molecule has 0 bridgehead atoms. The molecule has 0 aliphatic carbocycles. The lowest BCUT2D eigenvalue weighted by atomic mass is 10.3. The highest BCUT2D eigenvalue weighted by Gasteiger charge is 2.05. The Kier molecular flexibility index (Phi) is 3.19. The molecule has 0 saturated carbocycles. The molecule has 0 atom stereocenters. The number of nitrogens with zero attached hydrogens (tertiary/aromatic N) is 2. The van der Waals surface area contributed by atoms with Crippen LogP contribution in [0.25, 0.3) is 0 Å². The number of hydrogen-bond acceptors (Lipinski definition) is 4. The number of hydrogen-bond donors (Lipinski definition) is 1. The maximum absolute atomic E-state index is 4.41. The number of aromatic nitrogens is 2. The smallest absolute Gasteiger partial charge is 0.0900 e. The molecular weight excluding hydrogens is 218 g/mol. The molecule has 0 radical (unpaired) electrons. The van der Waals surface area contributed by atoms with Gasteiger partial charge in [-0.05, 0) is 32.9 Å². The Morgan fingerprint density at radius 1 is 1.25 bits per heavy atom. The van der Waals surface area contributed by atoms with Gasteiger partial charge in [-0.25, -0.2) is 4.98 Å². The highest BCUT2D eigenvalue weighted by molar-refractivity contribution is 7.11. The van der Waals surface area contributed by atoms with Crippen molar-refractivity contribution in [3.8, 4) is 0 Å². The molecule has 0 saturated heterocycles. The van der Waals surface area contributed by atoms with Gasteiger partial charge in [-0.2, -0.15) is 0 Å². The fourth-order valence-electron chi connectivity index (χ4n) is 1.58. The molecular formula is C12H15N3S. The molecule has 2 rings (SSSR count). The lowest BCUT2D eigenvalue weighted by molar-refractivity contribution is 1.09. The maximum atomic E-state index is 4.41. The van der Waals surface area contributed by atoms with Gasteiger partial charge in [0, 0.05) is 11.1 Å². The van der Waals surface area contributed by atoms with Crippen LogP contribution in [0.15, 0.2) is 18.3 Å². The van der Waals surface area contributed by atoms with Gasteiger partial charge in [0.15, 0.2) is 0 Å². The highest BCUT2D eigenvalue weighted by Crippen LogP contribution is 2.19. The predicted molar refractivity (Wildman–Crippen MR) is 67.9 cm³/mol. The Bertz CT molecular complexity index is 491. The van der Waals surface area contributed by atoms with Crippen molar-refractivity contribution in [2.75, 3.05) is 5.32 Å². The molecule has 0 amide bonds. The van der Waals surface area contributed by atoms with Crippen molar-refractivity contribution in [1.82, 2.24) is 9.97 Å². The molecule has 3 nitrogen and oxygen atoms in total. The molecule has 0 unspecified atom stereocenters. The van der Waals surface area contributed by atoms with Crippen molar-refractivity contribution in [2.45, 2.75) is 27.3 Å². The summed E-state index contributed by atoms with van der Waals surface area (Å²) in [4.78, 5) is 9.95. The molecule has 84 valence electrons. The lowest BCUT2D eigenvalue weighted by Crippen LogP contribution is -2.01. The van der Waals surface area contributed by atoms with E-state index in [0.29, 0.717) is 0 Å². The highest BCUT2D eigenvalue weighted by atomic mass is 32.1. The maximum Gasteiger partial charge on any atom is 0.0900 e. The quantitative estimate of drug-likeness (QED) is 0.885. The molecule has 4 heteroatoms. The second-order valence-electron chi connectivity index (χ2n) is 3.73. The van der Waals surface area contributed by atoms with E-state index in [1.807, 2.05) is 32.2 Å². The van der Waals surface area contributed by atoms with Crippen molar-refractivity contribution in [3.63, 3.8) is 0 Å². The van der Waals surface area contributed by atoms with Crippen molar-refractivity contribution >= 4 is 17.0 Å². The van der Waals surface area contributed by atoms with E-state index in [0.717, 1.165) is 28.6 Å². The minimum Gasteiger partial charge on any atom is -0.379 e. The number of aryl methyl sites for hydroxylation is 3. The summed E-state index contributed by atoms with van der Waals surface area (Å²) in [7, 11) is 0. The predicted octanol–water partition coefficient (Wildman–Crippen LogP) is 3.08. The van der Waals surface area contributed by atoms with E-state index >= 15 is 0 Å². The van der Waals surface area contributed by atoms with E-state index in [-0.39, 0.29) is 0 Å². The van der Waals surface area contributed by atoms with Crippen LogP contribution < -0.4 is 5.32 Å². The molecule has 16 heavy (non-hydrogen) atoms. The summed E-state index contributed by atoms with van der Waals surface area (Å²) in [6.07, 6.45) is 1.81. The Labute approximate surface area is 99.6 Å². The second-order valence-corrected chi connectivity index (χ2v) is 5.02. The third-order valence-corrected chi connectivity index (χ3v) is 3.52. The first kappa shape index (κ1) is 11.1. The number of anilines is 1. The van der Waals surface area contributed by atoms with Gasteiger partial charge in [0.2, 0.25) is 0 Å². The van der Waals surface area contributed by atoms with Crippen LogP contribution in [0, 0.1) is 20.8 Å². The average molecular weight is 233 g/mol. The van der Waals surface area contributed by atoms with Crippen LogP contribution in [-0.4, -0.2) is 9.97 Å². The molecule has 0 aliphatic heterocycles. The van der Waals surface area contributed by atoms with Gasteiger partial charge in [-0.1, -0.05) is 0 Å². The number of rotatable bonds is 3. The van der Waals surface area contributed by atoms with Gasteiger partial charge >= 0.3 is 0 Å². The minimum absolute atomic E-state index is 0.823. The van der Waals surface area contributed by atoms with E-state index < -0.39 is 0 Å². The molecule has 1 N–H and O–H groups in total. The molecule has 0 spiro atoms. The van der Waals surface area contributed by atoms with E-state index in [9.17, 15) is 0 Å². The van der Waals surface area contributed by atoms with E-state index in [1.54, 1.807) is 11.3 Å². The standard InChI is InChI=1S/C12H15N3S/c1-8-11(5-4-6-13-8)14-7-12-9(2)15-10(3)16-12/h4-6,14H,7H2,1-3H3. The second kappa shape index (κ2) is 4.61. The first-order valence-electron chi connectivity index (χ1n) is 5.25. The van der Waals surface area contributed by atoms with Crippen LogP contribution in [-0.2, 0) is 6.54 Å².